The molecule has 1 aliphatic heterocycles. The smallest absolute Gasteiger partial charge is 0.244 e. The van der Waals surface area contributed by atoms with Crippen molar-refractivity contribution in [2.24, 2.45) is 5.14 Å². The lowest BCUT2D eigenvalue weighted by Crippen LogP contribution is -2.32. The number of nitrogens with two attached hydrogens (primary N) is 1. The van der Waals surface area contributed by atoms with Crippen molar-refractivity contribution in [3.8, 4) is 0 Å². The van der Waals surface area contributed by atoms with Gasteiger partial charge in [0, 0.05) is 13.0 Å². The Balaban J connectivity index is 2.26. The standard InChI is InChI=1S/C11H20N2O2S/c1-2-3-4-5-6-7-13-10(14)8-9(16-12)11(13)15/h9H,2-8,12H2,1H3. The molecule has 0 spiro atoms. The fourth-order valence-electron chi connectivity index (χ4n) is 1.87. The van der Waals surface area contributed by atoms with E-state index in [0.29, 0.717) is 6.54 Å². The second-order valence-corrected chi connectivity index (χ2v) is 4.97. The first-order valence-electron chi connectivity index (χ1n) is 5.90. The zero-order valence-corrected chi connectivity index (χ0v) is 10.6. The van der Waals surface area contributed by atoms with Crippen LogP contribution in [0.2, 0.25) is 0 Å². The predicted octanol–water partition coefficient (Wildman–Crippen LogP) is 1.69. The molecule has 0 radical (unpaired) electrons. The highest BCUT2D eigenvalue weighted by Crippen LogP contribution is 2.21. The van der Waals surface area contributed by atoms with Gasteiger partial charge in [-0.1, -0.05) is 44.6 Å². The number of hydrogen-bond donors (Lipinski definition) is 1. The van der Waals surface area contributed by atoms with Crippen molar-refractivity contribution >= 4 is 23.8 Å². The maximum atomic E-state index is 11.7. The molecule has 1 heterocycles. The molecule has 2 N–H and O–H groups in total. The summed E-state index contributed by atoms with van der Waals surface area (Å²) < 4.78 is 0. The SMILES string of the molecule is CCCCCCCN1C(=O)CC(SN)C1=O. The van der Waals surface area contributed by atoms with Crippen LogP contribution in [0.3, 0.4) is 0 Å². The van der Waals surface area contributed by atoms with E-state index >= 15 is 0 Å². The molecule has 1 fully saturated rings. The summed E-state index contributed by atoms with van der Waals surface area (Å²) in [5, 5.41) is 5.02. The number of likely N-dealkylation sites (tertiary alicyclic amines) is 1. The van der Waals surface area contributed by atoms with Crippen molar-refractivity contribution in [3.63, 3.8) is 0 Å². The number of nitrogens with zero attached hydrogens (tertiary/aromatic N) is 1. The fourth-order valence-corrected chi connectivity index (χ4v) is 2.35. The second kappa shape index (κ2) is 6.91. The Morgan fingerprint density at radius 1 is 1.31 bits per heavy atom. The van der Waals surface area contributed by atoms with Gasteiger partial charge in [-0.15, -0.1) is 0 Å². The minimum Gasteiger partial charge on any atom is -0.282 e. The van der Waals surface area contributed by atoms with Gasteiger partial charge in [0.15, 0.2) is 0 Å². The molecule has 0 aromatic rings. The normalized spacial score (nSPS) is 20.9. The highest BCUT2D eigenvalue weighted by Gasteiger charge is 2.37. The Morgan fingerprint density at radius 3 is 2.56 bits per heavy atom. The minimum absolute atomic E-state index is 0.0663. The molecule has 0 bridgehead atoms. The molecule has 0 aliphatic carbocycles. The molecule has 0 aromatic carbocycles. The van der Waals surface area contributed by atoms with E-state index in [9.17, 15) is 9.59 Å². The second-order valence-electron chi connectivity index (χ2n) is 4.13. The molecule has 1 saturated heterocycles. The zero-order valence-electron chi connectivity index (χ0n) is 9.78. The number of rotatable bonds is 7. The average molecular weight is 244 g/mol. The van der Waals surface area contributed by atoms with Gasteiger partial charge in [-0.05, 0) is 6.42 Å². The third kappa shape index (κ3) is 3.49. The molecular weight excluding hydrogens is 224 g/mol. The summed E-state index contributed by atoms with van der Waals surface area (Å²) in [7, 11) is 0. The molecule has 1 rings (SSSR count). The number of imide groups is 1. The average Bonchev–Trinajstić information content (AvgIpc) is 2.55. The number of amides is 2. The van der Waals surface area contributed by atoms with Crippen molar-refractivity contribution in [2.75, 3.05) is 6.54 Å². The number of unbranched alkanes of at least 4 members (excludes halogenated alkanes) is 4. The minimum atomic E-state index is -0.344. The molecule has 0 aromatic heterocycles. The summed E-state index contributed by atoms with van der Waals surface area (Å²) in [6, 6.07) is 0. The first-order chi connectivity index (χ1) is 7.70. The van der Waals surface area contributed by atoms with E-state index < -0.39 is 0 Å². The summed E-state index contributed by atoms with van der Waals surface area (Å²) >= 11 is 0.983. The first kappa shape index (κ1) is 13.5. The van der Waals surface area contributed by atoms with E-state index in [2.05, 4.69) is 6.92 Å². The van der Waals surface area contributed by atoms with Crippen molar-refractivity contribution in [1.82, 2.24) is 4.90 Å². The van der Waals surface area contributed by atoms with Crippen LogP contribution in [0.15, 0.2) is 0 Å². The lowest BCUT2D eigenvalue weighted by atomic mass is 10.1. The largest absolute Gasteiger partial charge is 0.282 e. The summed E-state index contributed by atoms with van der Waals surface area (Å²) in [4.78, 5) is 24.6. The maximum Gasteiger partial charge on any atom is 0.244 e. The first-order valence-corrected chi connectivity index (χ1v) is 6.84. The van der Waals surface area contributed by atoms with Crippen LogP contribution in [-0.2, 0) is 9.59 Å². The summed E-state index contributed by atoms with van der Waals surface area (Å²) in [6.45, 7) is 2.73. The van der Waals surface area contributed by atoms with Gasteiger partial charge < -0.3 is 0 Å². The number of hydrogen-bond acceptors (Lipinski definition) is 4. The van der Waals surface area contributed by atoms with Gasteiger partial charge >= 0.3 is 0 Å². The quantitative estimate of drug-likeness (QED) is 0.420. The zero-order chi connectivity index (χ0) is 12.0. The molecule has 0 saturated carbocycles. The van der Waals surface area contributed by atoms with Crippen molar-refractivity contribution in [2.45, 2.75) is 50.7 Å². The van der Waals surface area contributed by atoms with Crippen LogP contribution >= 0.6 is 11.9 Å². The number of carbonyl (C=O) groups excluding carboxylic acids is 2. The van der Waals surface area contributed by atoms with Gasteiger partial charge in [0.25, 0.3) is 0 Å². The van der Waals surface area contributed by atoms with Crippen LogP contribution in [-0.4, -0.2) is 28.5 Å². The van der Waals surface area contributed by atoms with Crippen molar-refractivity contribution in [3.05, 3.63) is 0 Å². The third-order valence-electron chi connectivity index (χ3n) is 2.85. The Bertz CT molecular complexity index is 258. The monoisotopic (exact) mass is 244 g/mol. The molecule has 92 valence electrons. The molecule has 16 heavy (non-hydrogen) atoms. The van der Waals surface area contributed by atoms with E-state index in [-0.39, 0.29) is 23.5 Å². The van der Waals surface area contributed by atoms with Gasteiger partial charge in [0.05, 0.1) is 0 Å². The summed E-state index contributed by atoms with van der Waals surface area (Å²) in [6.07, 6.45) is 5.89. The van der Waals surface area contributed by atoms with E-state index in [4.69, 9.17) is 5.14 Å². The Morgan fingerprint density at radius 2 is 2.00 bits per heavy atom. The summed E-state index contributed by atoms with van der Waals surface area (Å²) in [5.74, 6) is -0.170. The van der Waals surface area contributed by atoms with E-state index in [1.54, 1.807) is 0 Å². The molecule has 2 amide bonds. The maximum absolute atomic E-state index is 11.7. The van der Waals surface area contributed by atoms with Gasteiger partial charge in [-0.3, -0.25) is 19.6 Å². The van der Waals surface area contributed by atoms with Crippen LogP contribution < -0.4 is 5.14 Å². The molecule has 5 heteroatoms. The lowest BCUT2D eigenvalue weighted by molar-refractivity contribution is -0.138. The van der Waals surface area contributed by atoms with Gasteiger partial charge in [0.1, 0.15) is 5.25 Å². The molecule has 1 unspecified atom stereocenters. The van der Waals surface area contributed by atoms with Crippen LogP contribution in [0, 0.1) is 0 Å². The predicted molar refractivity (Wildman–Crippen MR) is 65.7 cm³/mol. The Hall–Kier alpha value is -0.550. The molecule has 4 nitrogen and oxygen atoms in total. The highest BCUT2D eigenvalue weighted by molar-refractivity contribution is 7.98. The van der Waals surface area contributed by atoms with Crippen LogP contribution in [0.4, 0.5) is 0 Å². The molecule has 1 aliphatic rings. The number of carbonyl (C=O) groups is 2. The van der Waals surface area contributed by atoms with Gasteiger partial charge in [-0.2, -0.15) is 0 Å². The molecular formula is C11H20N2O2S. The fraction of sp³-hybridized carbons (Fsp3) is 0.818. The third-order valence-corrected chi connectivity index (χ3v) is 3.55. The van der Waals surface area contributed by atoms with E-state index in [1.165, 1.54) is 24.2 Å². The van der Waals surface area contributed by atoms with Gasteiger partial charge in [0.2, 0.25) is 11.8 Å². The lowest BCUT2D eigenvalue weighted by Gasteiger charge is -2.13. The van der Waals surface area contributed by atoms with Gasteiger partial charge in [-0.25, -0.2) is 0 Å². The summed E-state index contributed by atoms with van der Waals surface area (Å²) in [5.41, 5.74) is 0. The Kier molecular flexibility index (Phi) is 5.84. The van der Waals surface area contributed by atoms with Crippen molar-refractivity contribution < 1.29 is 9.59 Å². The van der Waals surface area contributed by atoms with E-state index in [1.807, 2.05) is 0 Å². The molecule has 1 atom stereocenters. The van der Waals surface area contributed by atoms with Crippen molar-refractivity contribution in [1.29, 1.82) is 0 Å². The Labute approximate surface area is 101 Å². The van der Waals surface area contributed by atoms with Crippen LogP contribution in [0.1, 0.15) is 45.4 Å². The highest BCUT2D eigenvalue weighted by atomic mass is 32.2. The van der Waals surface area contributed by atoms with Crippen LogP contribution in [0.25, 0.3) is 0 Å². The van der Waals surface area contributed by atoms with Crippen LogP contribution in [0.5, 0.6) is 0 Å². The van der Waals surface area contributed by atoms with E-state index in [0.717, 1.165) is 24.8 Å². The topological polar surface area (TPSA) is 63.4 Å².